The maximum absolute atomic E-state index is 13.4. The van der Waals surface area contributed by atoms with Gasteiger partial charge in [-0.05, 0) is 43.2 Å². The molecule has 0 aliphatic heterocycles. The molecule has 0 aromatic heterocycles. The van der Waals surface area contributed by atoms with E-state index in [4.69, 9.17) is 0 Å². The fourth-order valence-electron chi connectivity index (χ4n) is 1.73. The number of carbonyl (C=O) groups excluding carboxylic acids is 1. The van der Waals surface area contributed by atoms with Crippen molar-refractivity contribution >= 4 is 5.78 Å². The highest BCUT2D eigenvalue weighted by Gasteiger charge is 2.13. The largest absolute Gasteiger partial charge is 0.289 e. The highest BCUT2D eigenvalue weighted by molar-refractivity contribution is 6.09. The molecule has 0 saturated carbocycles. The Kier molecular flexibility index (Phi) is 3.24. The quantitative estimate of drug-likeness (QED) is 0.736. The van der Waals surface area contributed by atoms with Crippen LogP contribution in [0.15, 0.2) is 36.4 Å². The molecule has 0 aliphatic rings. The molecule has 3 heteroatoms. The summed E-state index contributed by atoms with van der Waals surface area (Å²) in [5.74, 6) is -1.28. The van der Waals surface area contributed by atoms with Crippen LogP contribution in [0.5, 0.6) is 0 Å². The molecule has 0 heterocycles. The fourth-order valence-corrected chi connectivity index (χ4v) is 1.73. The Bertz CT molecular complexity index is 618. The van der Waals surface area contributed by atoms with E-state index in [0.717, 1.165) is 0 Å². The number of aryl methyl sites for hydroxylation is 2. The Morgan fingerprint density at radius 1 is 0.944 bits per heavy atom. The van der Waals surface area contributed by atoms with Crippen LogP contribution in [0.1, 0.15) is 27.0 Å². The lowest BCUT2D eigenvalue weighted by atomic mass is 9.98. The molecule has 2 rings (SSSR count). The van der Waals surface area contributed by atoms with Gasteiger partial charge in [-0.3, -0.25) is 4.79 Å². The molecule has 18 heavy (non-hydrogen) atoms. The van der Waals surface area contributed by atoms with Crippen LogP contribution in [0, 0.1) is 25.5 Å². The van der Waals surface area contributed by atoms with Crippen LogP contribution in [0.4, 0.5) is 8.78 Å². The third-order valence-corrected chi connectivity index (χ3v) is 2.88. The third kappa shape index (κ3) is 2.30. The van der Waals surface area contributed by atoms with Gasteiger partial charge in [0.05, 0.1) is 0 Å². The van der Waals surface area contributed by atoms with Crippen molar-refractivity contribution in [2.24, 2.45) is 0 Å². The van der Waals surface area contributed by atoms with Crippen molar-refractivity contribution in [1.82, 2.24) is 0 Å². The molecule has 2 aromatic carbocycles. The molecule has 0 fully saturated rings. The van der Waals surface area contributed by atoms with Crippen molar-refractivity contribution in [1.29, 1.82) is 0 Å². The van der Waals surface area contributed by atoms with Gasteiger partial charge >= 0.3 is 0 Å². The third-order valence-electron chi connectivity index (χ3n) is 2.88. The summed E-state index contributed by atoms with van der Waals surface area (Å²) in [7, 11) is 0. The zero-order valence-electron chi connectivity index (χ0n) is 10.1. The topological polar surface area (TPSA) is 17.1 Å². The Hall–Kier alpha value is -2.03. The summed E-state index contributed by atoms with van der Waals surface area (Å²) in [6.45, 7) is 3.34. The number of benzene rings is 2. The van der Waals surface area contributed by atoms with E-state index in [1.54, 1.807) is 19.9 Å². The van der Waals surface area contributed by atoms with E-state index in [2.05, 4.69) is 0 Å². The standard InChI is InChI=1S/C15H12F2O/c1-9-4-6-12(16)8-13(9)15(18)11-5-3-10(2)14(17)7-11/h3-8H,1-2H3. The maximum Gasteiger partial charge on any atom is 0.193 e. The van der Waals surface area contributed by atoms with Gasteiger partial charge in [0.1, 0.15) is 11.6 Å². The van der Waals surface area contributed by atoms with E-state index in [1.807, 2.05) is 0 Å². The fraction of sp³-hybridized carbons (Fsp3) is 0.133. The van der Waals surface area contributed by atoms with Crippen LogP contribution in [-0.4, -0.2) is 5.78 Å². The monoisotopic (exact) mass is 246 g/mol. The smallest absolute Gasteiger partial charge is 0.193 e. The second-order valence-electron chi connectivity index (χ2n) is 4.25. The lowest BCUT2D eigenvalue weighted by molar-refractivity contribution is 0.103. The first-order valence-corrected chi connectivity index (χ1v) is 5.56. The van der Waals surface area contributed by atoms with Crippen LogP contribution in [0.3, 0.4) is 0 Å². The lowest BCUT2D eigenvalue weighted by Crippen LogP contribution is -2.05. The number of ketones is 1. The van der Waals surface area contributed by atoms with E-state index in [-0.39, 0.29) is 16.9 Å². The van der Waals surface area contributed by atoms with Gasteiger partial charge in [0.15, 0.2) is 5.78 Å². The van der Waals surface area contributed by atoms with Crippen LogP contribution < -0.4 is 0 Å². The Morgan fingerprint density at radius 2 is 1.61 bits per heavy atom. The Balaban J connectivity index is 2.47. The zero-order valence-corrected chi connectivity index (χ0v) is 10.1. The van der Waals surface area contributed by atoms with Crippen molar-refractivity contribution in [2.45, 2.75) is 13.8 Å². The average molecular weight is 246 g/mol. The molecule has 0 bridgehead atoms. The zero-order chi connectivity index (χ0) is 13.3. The van der Waals surface area contributed by atoms with Gasteiger partial charge in [0.2, 0.25) is 0 Å². The molecule has 0 spiro atoms. The summed E-state index contributed by atoms with van der Waals surface area (Å²) in [5, 5.41) is 0. The summed E-state index contributed by atoms with van der Waals surface area (Å²) < 4.78 is 26.5. The molecular formula is C15H12F2O. The highest BCUT2D eigenvalue weighted by atomic mass is 19.1. The molecule has 0 amide bonds. The van der Waals surface area contributed by atoms with Crippen molar-refractivity contribution in [3.8, 4) is 0 Å². The second-order valence-corrected chi connectivity index (χ2v) is 4.25. The van der Waals surface area contributed by atoms with E-state index in [9.17, 15) is 13.6 Å². The number of hydrogen-bond donors (Lipinski definition) is 0. The van der Waals surface area contributed by atoms with Crippen molar-refractivity contribution < 1.29 is 13.6 Å². The number of carbonyl (C=O) groups is 1. The van der Waals surface area contributed by atoms with Gasteiger partial charge in [-0.1, -0.05) is 18.2 Å². The van der Waals surface area contributed by atoms with E-state index in [1.165, 1.54) is 30.3 Å². The van der Waals surface area contributed by atoms with Crippen LogP contribution in [0.25, 0.3) is 0 Å². The first kappa shape index (κ1) is 12.4. The number of halogens is 2. The Morgan fingerprint density at radius 3 is 2.28 bits per heavy atom. The average Bonchev–Trinajstić information content (AvgIpc) is 2.35. The van der Waals surface area contributed by atoms with Gasteiger partial charge in [-0.15, -0.1) is 0 Å². The molecule has 0 N–H and O–H groups in total. The molecule has 0 radical (unpaired) electrons. The first-order chi connectivity index (χ1) is 8.49. The minimum Gasteiger partial charge on any atom is -0.289 e. The summed E-state index contributed by atoms with van der Waals surface area (Å²) >= 11 is 0. The van der Waals surface area contributed by atoms with Gasteiger partial charge in [0.25, 0.3) is 0 Å². The van der Waals surface area contributed by atoms with Gasteiger partial charge in [-0.2, -0.15) is 0 Å². The molecule has 92 valence electrons. The minimum absolute atomic E-state index is 0.229. The van der Waals surface area contributed by atoms with Crippen LogP contribution in [-0.2, 0) is 0 Å². The number of rotatable bonds is 2. The minimum atomic E-state index is -0.475. The SMILES string of the molecule is Cc1ccc(C(=O)c2cc(F)ccc2C)cc1F. The maximum atomic E-state index is 13.4. The summed E-state index contributed by atoms with van der Waals surface area (Å²) in [4.78, 5) is 12.1. The van der Waals surface area contributed by atoms with Crippen molar-refractivity contribution in [2.75, 3.05) is 0 Å². The molecular weight excluding hydrogens is 234 g/mol. The predicted molar refractivity (Wildman–Crippen MR) is 65.7 cm³/mol. The summed E-state index contributed by atoms with van der Waals surface area (Å²) in [6.07, 6.45) is 0. The molecule has 2 aromatic rings. The predicted octanol–water partition coefficient (Wildman–Crippen LogP) is 3.81. The molecule has 0 unspecified atom stereocenters. The van der Waals surface area contributed by atoms with Gasteiger partial charge in [-0.25, -0.2) is 8.78 Å². The highest BCUT2D eigenvalue weighted by Crippen LogP contribution is 2.17. The van der Waals surface area contributed by atoms with E-state index < -0.39 is 11.6 Å². The van der Waals surface area contributed by atoms with E-state index in [0.29, 0.717) is 11.1 Å². The molecule has 0 aliphatic carbocycles. The van der Waals surface area contributed by atoms with Crippen LogP contribution in [0.2, 0.25) is 0 Å². The molecule has 0 saturated heterocycles. The normalized spacial score (nSPS) is 10.4. The van der Waals surface area contributed by atoms with Crippen molar-refractivity contribution in [3.63, 3.8) is 0 Å². The number of hydrogen-bond acceptors (Lipinski definition) is 1. The molecule has 0 atom stereocenters. The first-order valence-electron chi connectivity index (χ1n) is 5.56. The molecule has 1 nitrogen and oxygen atoms in total. The van der Waals surface area contributed by atoms with Gasteiger partial charge in [0, 0.05) is 11.1 Å². The lowest BCUT2D eigenvalue weighted by Gasteiger charge is -2.06. The second kappa shape index (κ2) is 4.69. The van der Waals surface area contributed by atoms with Gasteiger partial charge < -0.3 is 0 Å². The van der Waals surface area contributed by atoms with Crippen LogP contribution >= 0.6 is 0 Å². The van der Waals surface area contributed by atoms with Crippen molar-refractivity contribution in [3.05, 3.63) is 70.3 Å². The Labute approximate surface area is 104 Å². The summed E-state index contributed by atoms with van der Waals surface area (Å²) in [5.41, 5.74) is 1.63. The van der Waals surface area contributed by atoms with E-state index >= 15 is 0 Å². The summed E-state index contributed by atoms with van der Waals surface area (Å²) in [6, 6.07) is 8.27.